The zero-order valence-corrected chi connectivity index (χ0v) is 8.17. The van der Waals surface area contributed by atoms with E-state index in [9.17, 15) is 0 Å². The molecule has 0 saturated carbocycles. The lowest BCUT2D eigenvalue weighted by molar-refractivity contribution is 0.806. The summed E-state index contributed by atoms with van der Waals surface area (Å²) in [5.41, 5.74) is 7.97. The van der Waals surface area contributed by atoms with E-state index >= 15 is 0 Å². The van der Waals surface area contributed by atoms with Crippen molar-refractivity contribution >= 4 is 0 Å². The Morgan fingerprint density at radius 2 is 1.92 bits per heavy atom. The molecule has 0 aliphatic rings. The van der Waals surface area contributed by atoms with Crippen LogP contribution in [0.1, 0.15) is 24.5 Å². The maximum atomic E-state index is 5.68. The molecule has 68 valence electrons. The van der Waals surface area contributed by atoms with Gasteiger partial charge >= 0.3 is 0 Å². The van der Waals surface area contributed by atoms with E-state index in [0.29, 0.717) is 0 Å². The fourth-order valence-electron chi connectivity index (χ4n) is 0.915. The van der Waals surface area contributed by atoms with Crippen molar-refractivity contribution in [2.24, 2.45) is 5.73 Å². The van der Waals surface area contributed by atoms with E-state index in [1.165, 1.54) is 5.56 Å². The van der Waals surface area contributed by atoms with Gasteiger partial charge in [0.25, 0.3) is 0 Å². The van der Waals surface area contributed by atoms with Gasteiger partial charge < -0.3 is 5.73 Å². The molecular weight excluding hydrogens is 158 g/mol. The molecule has 0 radical (unpaired) electrons. The monoisotopic (exact) mass is 173 g/mol. The average Bonchev–Trinajstić information content (AvgIpc) is 2.16. The standard InChI is InChI=1S/C12H15N/c1-3-12(13)9-8-11-6-4-10(2)5-7-11/h4-7,12H,3,13H2,1-2H3. The van der Waals surface area contributed by atoms with E-state index in [2.05, 4.69) is 30.9 Å². The minimum atomic E-state index is 0.00121. The number of hydrogen-bond acceptors (Lipinski definition) is 1. The summed E-state index contributed by atoms with van der Waals surface area (Å²) in [6.07, 6.45) is 0.902. The first kappa shape index (κ1) is 9.83. The maximum absolute atomic E-state index is 5.68. The molecule has 1 heteroatoms. The van der Waals surface area contributed by atoms with E-state index in [1.54, 1.807) is 0 Å². The molecule has 0 aromatic heterocycles. The Labute approximate surface area is 80.0 Å². The maximum Gasteiger partial charge on any atom is 0.0665 e. The van der Waals surface area contributed by atoms with Crippen LogP contribution in [0.2, 0.25) is 0 Å². The molecule has 0 bridgehead atoms. The van der Waals surface area contributed by atoms with Crippen LogP contribution in [-0.4, -0.2) is 6.04 Å². The number of aryl methyl sites for hydroxylation is 1. The van der Waals surface area contributed by atoms with Gasteiger partial charge in [-0.15, -0.1) is 0 Å². The highest BCUT2D eigenvalue weighted by atomic mass is 14.6. The van der Waals surface area contributed by atoms with Gasteiger partial charge in [0, 0.05) is 5.56 Å². The molecule has 1 rings (SSSR count). The highest BCUT2D eigenvalue weighted by Gasteiger charge is 1.90. The number of hydrogen-bond donors (Lipinski definition) is 1. The number of nitrogens with two attached hydrogens (primary N) is 1. The van der Waals surface area contributed by atoms with Crippen LogP contribution in [-0.2, 0) is 0 Å². The van der Waals surface area contributed by atoms with Crippen LogP contribution in [0.25, 0.3) is 0 Å². The van der Waals surface area contributed by atoms with E-state index in [1.807, 2.05) is 19.1 Å². The SMILES string of the molecule is CCC(N)C#Cc1ccc(C)cc1. The van der Waals surface area contributed by atoms with Gasteiger partial charge in [0.15, 0.2) is 0 Å². The average molecular weight is 173 g/mol. The van der Waals surface area contributed by atoms with Crippen molar-refractivity contribution < 1.29 is 0 Å². The largest absolute Gasteiger partial charge is 0.318 e. The summed E-state index contributed by atoms with van der Waals surface area (Å²) < 4.78 is 0. The molecule has 1 atom stereocenters. The summed E-state index contributed by atoms with van der Waals surface area (Å²) in [5.74, 6) is 6.04. The topological polar surface area (TPSA) is 26.0 Å². The van der Waals surface area contributed by atoms with Crippen LogP contribution in [0.5, 0.6) is 0 Å². The quantitative estimate of drug-likeness (QED) is 0.646. The summed E-state index contributed by atoms with van der Waals surface area (Å²) in [4.78, 5) is 0. The lowest BCUT2D eigenvalue weighted by atomic mass is 10.1. The second-order valence-electron chi connectivity index (χ2n) is 3.15. The zero-order valence-electron chi connectivity index (χ0n) is 8.17. The molecule has 1 aromatic rings. The molecular formula is C12H15N. The van der Waals surface area contributed by atoms with Crippen LogP contribution < -0.4 is 5.73 Å². The third-order valence-electron chi connectivity index (χ3n) is 1.89. The molecule has 1 nitrogen and oxygen atoms in total. The smallest absolute Gasteiger partial charge is 0.0665 e. The molecule has 0 aliphatic heterocycles. The summed E-state index contributed by atoms with van der Waals surface area (Å²) in [5, 5.41) is 0. The van der Waals surface area contributed by atoms with Crippen LogP contribution in [0.4, 0.5) is 0 Å². The summed E-state index contributed by atoms with van der Waals surface area (Å²) in [6.45, 7) is 4.10. The van der Waals surface area contributed by atoms with Crippen molar-refractivity contribution in [1.82, 2.24) is 0 Å². The Morgan fingerprint density at radius 1 is 1.31 bits per heavy atom. The molecule has 0 heterocycles. The van der Waals surface area contributed by atoms with E-state index in [0.717, 1.165) is 12.0 Å². The van der Waals surface area contributed by atoms with Crippen LogP contribution in [0, 0.1) is 18.8 Å². The predicted octanol–water partition coefficient (Wildman–Crippen LogP) is 2.08. The van der Waals surface area contributed by atoms with Gasteiger partial charge in [0.2, 0.25) is 0 Å². The first-order valence-electron chi connectivity index (χ1n) is 4.56. The van der Waals surface area contributed by atoms with Crippen molar-refractivity contribution in [3.05, 3.63) is 35.4 Å². The molecule has 0 saturated heterocycles. The molecule has 1 aromatic carbocycles. The number of benzene rings is 1. The predicted molar refractivity (Wildman–Crippen MR) is 56.3 cm³/mol. The highest BCUT2D eigenvalue weighted by Crippen LogP contribution is 2.00. The molecule has 13 heavy (non-hydrogen) atoms. The molecule has 2 N–H and O–H groups in total. The summed E-state index contributed by atoms with van der Waals surface area (Å²) in [6, 6.07) is 8.15. The zero-order chi connectivity index (χ0) is 9.68. The Morgan fingerprint density at radius 3 is 2.46 bits per heavy atom. The van der Waals surface area contributed by atoms with Crippen LogP contribution in [0.3, 0.4) is 0 Å². The summed E-state index contributed by atoms with van der Waals surface area (Å²) in [7, 11) is 0. The van der Waals surface area contributed by atoms with Gasteiger partial charge in [-0.2, -0.15) is 0 Å². The Balaban J connectivity index is 2.72. The van der Waals surface area contributed by atoms with Crippen molar-refractivity contribution in [2.45, 2.75) is 26.3 Å². The molecule has 1 unspecified atom stereocenters. The van der Waals surface area contributed by atoms with E-state index < -0.39 is 0 Å². The van der Waals surface area contributed by atoms with Crippen molar-refractivity contribution in [2.75, 3.05) is 0 Å². The van der Waals surface area contributed by atoms with Gasteiger partial charge in [-0.3, -0.25) is 0 Å². The van der Waals surface area contributed by atoms with E-state index in [-0.39, 0.29) is 6.04 Å². The Hall–Kier alpha value is -1.26. The lowest BCUT2D eigenvalue weighted by Gasteiger charge is -1.96. The minimum absolute atomic E-state index is 0.00121. The molecule has 0 fully saturated rings. The molecule has 0 amide bonds. The van der Waals surface area contributed by atoms with Gasteiger partial charge in [-0.05, 0) is 25.5 Å². The highest BCUT2D eigenvalue weighted by molar-refractivity contribution is 5.36. The van der Waals surface area contributed by atoms with Gasteiger partial charge in [-0.1, -0.05) is 36.5 Å². The van der Waals surface area contributed by atoms with Crippen LogP contribution >= 0.6 is 0 Å². The van der Waals surface area contributed by atoms with E-state index in [4.69, 9.17) is 5.73 Å². The molecule has 0 spiro atoms. The summed E-state index contributed by atoms with van der Waals surface area (Å²) >= 11 is 0. The third kappa shape index (κ3) is 3.31. The normalized spacial score (nSPS) is 11.6. The van der Waals surface area contributed by atoms with Gasteiger partial charge in [0.05, 0.1) is 6.04 Å². The fourth-order valence-corrected chi connectivity index (χ4v) is 0.915. The second-order valence-corrected chi connectivity index (χ2v) is 3.15. The number of rotatable bonds is 1. The Bertz CT molecular complexity index is 313. The van der Waals surface area contributed by atoms with Gasteiger partial charge in [0.1, 0.15) is 0 Å². The first-order valence-corrected chi connectivity index (χ1v) is 4.56. The molecule has 0 aliphatic carbocycles. The van der Waals surface area contributed by atoms with Crippen molar-refractivity contribution in [3.8, 4) is 11.8 Å². The third-order valence-corrected chi connectivity index (χ3v) is 1.89. The van der Waals surface area contributed by atoms with Crippen molar-refractivity contribution in [3.63, 3.8) is 0 Å². The first-order chi connectivity index (χ1) is 6.22. The van der Waals surface area contributed by atoms with Crippen LogP contribution in [0.15, 0.2) is 24.3 Å². The van der Waals surface area contributed by atoms with Gasteiger partial charge in [-0.25, -0.2) is 0 Å². The van der Waals surface area contributed by atoms with Crippen molar-refractivity contribution in [1.29, 1.82) is 0 Å². The second kappa shape index (κ2) is 4.69. The Kier molecular flexibility index (Phi) is 3.54. The fraction of sp³-hybridized carbons (Fsp3) is 0.333. The lowest BCUT2D eigenvalue weighted by Crippen LogP contribution is -2.15. The minimum Gasteiger partial charge on any atom is -0.318 e.